The van der Waals surface area contributed by atoms with Gasteiger partial charge < -0.3 is 39.9 Å². The molecule has 4 aromatic rings. The number of hydrogen-bond acceptors (Lipinski definition) is 12. The van der Waals surface area contributed by atoms with Crippen LogP contribution in [0.2, 0.25) is 0 Å². The van der Waals surface area contributed by atoms with Crippen LogP contribution in [0.5, 0.6) is 0 Å². The number of carbonyl (C=O) groups is 4. The van der Waals surface area contributed by atoms with Gasteiger partial charge in [0, 0.05) is 31.7 Å². The van der Waals surface area contributed by atoms with Gasteiger partial charge in [0.1, 0.15) is 24.2 Å². The van der Waals surface area contributed by atoms with E-state index in [-0.39, 0.29) is 56.0 Å². The largest absolute Gasteiger partial charge is 0.417 e. The quantitative estimate of drug-likeness (QED) is 0.0734. The average Bonchev–Trinajstić information content (AvgIpc) is 4.01. The van der Waals surface area contributed by atoms with Crippen LogP contribution in [-0.4, -0.2) is 125 Å². The van der Waals surface area contributed by atoms with Crippen molar-refractivity contribution in [3.63, 3.8) is 0 Å². The highest BCUT2D eigenvalue weighted by Gasteiger charge is 2.51. The lowest BCUT2D eigenvalue weighted by Crippen LogP contribution is -2.58. The highest BCUT2D eigenvalue weighted by molar-refractivity contribution is 7.81. The van der Waals surface area contributed by atoms with E-state index in [1.807, 2.05) is 76.2 Å². The maximum absolute atomic E-state index is 14.0. The number of ether oxygens (including phenoxy) is 2. The molecular formula is C52H61F3N8O7S2. The molecule has 3 N–H and O–H groups in total. The second-order valence-electron chi connectivity index (χ2n) is 20.0. The van der Waals surface area contributed by atoms with E-state index in [4.69, 9.17) is 21.7 Å². The Morgan fingerprint density at radius 3 is 2.28 bits per heavy atom. The number of thiazole rings is 1. The summed E-state index contributed by atoms with van der Waals surface area (Å²) < 4.78 is 52.8. The molecule has 3 saturated heterocycles. The SMILES string of the molecule is Cc1ncsc1-c1ccc(CNC(=O)[C@@H]2C[C@@H](O)CN2C(=O)C(NC(=O)COCCOCCN2CCC(c3ccc(N4C(=S)N(c5ccc(C#N)c(C(F)(F)F)c5)C(=O)C4(C)C)cc3)CC2)C(C)(C)C)cc1. The first-order chi connectivity index (χ1) is 34.1. The zero-order chi connectivity index (χ0) is 52.1. The van der Waals surface area contributed by atoms with E-state index in [1.54, 1.807) is 41.7 Å². The summed E-state index contributed by atoms with van der Waals surface area (Å²) in [5.74, 6) is -1.53. The second-order valence-corrected chi connectivity index (χ2v) is 21.2. The molecule has 0 bridgehead atoms. The number of benzene rings is 3. The van der Waals surface area contributed by atoms with Crippen LogP contribution in [0.1, 0.15) is 87.7 Å². The number of alkyl halides is 3. The number of piperidine rings is 1. The van der Waals surface area contributed by atoms with Crippen LogP contribution in [0, 0.1) is 23.7 Å². The van der Waals surface area contributed by atoms with Crippen LogP contribution in [0.25, 0.3) is 10.4 Å². The number of aryl methyl sites for hydroxylation is 1. The van der Waals surface area contributed by atoms with Crippen molar-refractivity contribution in [2.45, 2.75) is 103 Å². The molecule has 3 atom stereocenters. The van der Waals surface area contributed by atoms with Crippen LogP contribution in [0.15, 0.2) is 72.2 Å². The minimum absolute atomic E-state index is 0.0325. The standard InChI is InChI=1S/C52H61F3N8O7S2/c1-32-44(72-31-58-32)36-9-7-33(8-10-36)28-57-46(66)42-26-40(64)29-61(42)47(67)45(50(2,3)4)59-43(65)30-70-24-23-69-22-21-60-19-17-35(18-20-60)34-11-14-38(15-12-34)63-49(71)62(48(68)51(63,5)6)39-16-13-37(27-56)41(25-39)52(53,54)55/h7-16,25,31,35,40,42,45,64H,17-24,26,28-30H2,1-6H3,(H,57,66)(H,59,65)/t40-,42+,45?/m1/s1. The van der Waals surface area contributed by atoms with Crippen molar-refractivity contribution >= 4 is 63.7 Å². The maximum atomic E-state index is 14.0. The molecule has 7 rings (SSSR count). The Bertz CT molecular complexity index is 2660. The fraction of sp³-hybridized carbons (Fsp3) is 0.481. The van der Waals surface area contributed by atoms with Gasteiger partial charge >= 0.3 is 6.18 Å². The van der Waals surface area contributed by atoms with Crippen molar-refractivity contribution in [3.05, 3.63) is 100 Å². The van der Waals surface area contributed by atoms with Gasteiger partial charge in [-0.1, -0.05) is 57.2 Å². The number of aliphatic hydroxyl groups excluding tert-OH is 1. The van der Waals surface area contributed by atoms with E-state index < -0.39 is 64.2 Å². The summed E-state index contributed by atoms with van der Waals surface area (Å²) in [7, 11) is 0. The molecule has 0 radical (unpaired) electrons. The minimum Gasteiger partial charge on any atom is -0.391 e. The highest BCUT2D eigenvalue weighted by Crippen LogP contribution is 2.40. The van der Waals surface area contributed by atoms with E-state index in [9.17, 15) is 42.7 Å². The molecule has 15 nitrogen and oxygen atoms in total. The van der Waals surface area contributed by atoms with Crippen LogP contribution in [-0.2, 0) is 41.4 Å². The molecular weight excluding hydrogens is 970 g/mol. The smallest absolute Gasteiger partial charge is 0.391 e. The fourth-order valence-corrected chi connectivity index (χ4v) is 10.7. The summed E-state index contributed by atoms with van der Waals surface area (Å²) >= 11 is 7.26. The zero-order valence-electron chi connectivity index (χ0n) is 41.3. The van der Waals surface area contributed by atoms with Gasteiger partial charge in [-0.25, -0.2) is 4.98 Å². The molecule has 384 valence electrons. The number of thiocarbonyl (C=S) groups is 1. The average molecular weight is 1030 g/mol. The normalized spacial score (nSPS) is 19.2. The number of anilines is 2. The number of likely N-dealkylation sites (tertiary alicyclic amines) is 2. The Labute approximate surface area is 427 Å². The number of hydrogen-bond donors (Lipinski definition) is 3. The van der Waals surface area contributed by atoms with E-state index in [1.165, 1.54) is 11.0 Å². The predicted molar refractivity (Wildman–Crippen MR) is 271 cm³/mol. The van der Waals surface area contributed by atoms with Gasteiger partial charge in [-0.15, -0.1) is 11.3 Å². The monoisotopic (exact) mass is 1030 g/mol. The van der Waals surface area contributed by atoms with Gasteiger partial charge in [-0.05, 0) is 117 Å². The number of halogens is 3. The summed E-state index contributed by atoms with van der Waals surface area (Å²) in [6, 6.07) is 18.4. The van der Waals surface area contributed by atoms with Gasteiger partial charge in [0.25, 0.3) is 5.91 Å². The summed E-state index contributed by atoms with van der Waals surface area (Å²) in [6.07, 6.45) is -3.78. The second kappa shape index (κ2) is 22.5. The van der Waals surface area contributed by atoms with Gasteiger partial charge in [0.05, 0.1) is 64.9 Å². The third kappa shape index (κ3) is 12.3. The predicted octanol–water partition coefficient (Wildman–Crippen LogP) is 6.95. The van der Waals surface area contributed by atoms with Crippen molar-refractivity contribution in [2.75, 3.05) is 62.4 Å². The van der Waals surface area contributed by atoms with Gasteiger partial charge in [0.2, 0.25) is 17.7 Å². The molecule has 3 aliphatic heterocycles. The molecule has 4 amide bonds. The molecule has 0 aliphatic carbocycles. The lowest BCUT2D eigenvalue weighted by molar-refractivity contribution is -0.144. The molecule has 4 heterocycles. The first-order valence-corrected chi connectivity index (χ1v) is 25.2. The summed E-state index contributed by atoms with van der Waals surface area (Å²) in [4.78, 5) is 66.0. The number of carbonyl (C=O) groups excluding carboxylic acids is 4. The van der Waals surface area contributed by atoms with Gasteiger partial charge in [-0.3, -0.25) is 24.1 Å². The molecule has 20 heteroatoms. The molecule has 3 fully saturated rings. The number of rotatable bonds is 17. The molecule has 3 aliphatic rings. The summed E-state index contributed by atoms with van der Waals surface area (Å²) in [5, 5.41) is 25.6. The van der Waals surface area contributed by atoms with Gasteiger partial charge in [-0.2, -0.15) is 18.4 Å². The zero-order valence-corrected chi connectivity index (χ0v) is 42.9. The fourth-order valence-electron chi connectivity index (χ4n) is 9.41. The lowest BCUT2D eigenvalue weighted by atomic mass is 9.85. The third-order valence-corrected chi connectivity index (χ3v) is 14.8. The van der Waals surface area contributed by atoms with Crippen molar-refractivity contribution in [1.29, 1.82) is 5.26 Å². The van der Waals surface area contributed by atoms with E-state index >= 15 is 0 Å². The Kier molecular flexibility index (Phi) is 16.9. The molecule has 0 spiro atoms. The molecule has 3 aromatic carbocycles. The molecule has 72 heavy (non-hydrogen) atoms. The van der Waals surface area contributed by atoms with E-state index in [0.717, 1.165) is 70.2 Å². The van der Waals surface area contributed by atoms with Crippen molar-refractivity contribution < 1.29 is 46.9 Å². The highest BCUT2D eigenvalue weighted by atomic mass is 32.1. The van der Waals surface area contributed by atoms with Crippen molar-refractivity contribution in [3.8, 4) is 16.5 Å². The first-order valence-electron chi connectivity index (χ1n) is 23.9. The Hall–Kier alpha value is -5.82. The molecule has 0 saturated carbocycles. The van der Waals surface area contributed by atoms with Crippen molar-refractivity contribution in [1.82, 2.24) is 25.4 Å². The number of aliphatic hydroxyl groups is 1. The van der Waals surface area contributed by atoms with Crippen molar-refractivity contribution in [2.24, 2.45) is 5.41 Å². The number of nitrogens with zero attached hydrogens (tertiary/aromatic N) is 6. The topological polar surface area (TPSA) is 181 Å². The minimum atomic E-state index is -4.79. The summed E-state index contributed by atoms with van der Waals surface area (Å²) in [6.45, 7) is 14.0. The Morgan fingerprint density at radius 2 is 1.65 bits per heavy atom. The number of β-amino-alcohol motifs (C(OH)–C–C–N with tert-alkyl or cyclic N) is 1. The molecule has 1 unspecified atom stereocenters. The van der Waals surface area contributed by atoms with Crippen LogP contribution in [0.4, 0.5) is 24.5 Å². The van der Waals surface area contributed by atoms with Crippen LogP contribution >= 0.6 is 23.6 Å². The molecule has 1 aromatic heterocycles. The van der Waals surface area contributed by atoms with Gasteiger partial charge in [0.15, 0.2) is 5.11 Å². The van der Waals surface area contributed by atoms with E-state index in [0.29, 0.717) is 24.8 Å². The third-order valence-electron chi connectivity index (χ3n) is 13.4. The number of nitriles is 1. The first kappa shape index (κ1) is 54.0. The Morgan fingerprint density at radius 1 is 0.986 bits per heavy atom. The van der Waals surface area contributed by atoms with Crippen LogP contribution in [0.3, 0.4) is 0 Å². The number of amides is 4. The number of nitrogens with one attached hydrogen (secondary N) is 2. The summed E-state index contributed by atoms with van der Waals surface area (Å²) in [5.41, 5.74) is 2.78. The maximum Gasteiger partial charge on any atom is 0.417 e. The van der Waals surface area contributed by atoms with E-state index in [2.05, 4.69) is 20.5 Å². The number of aromatic nitrogens is 1. The lowest BCUT2D eigenvalue weighted by Gasteiger charge is -2.35. The Balaban J connectivity index is 0.809. The van der Waals surface area contributed by atoms with Crippen LogP contribution < -0.4 is 20.4 Å².